The van der Waals surface area contributed by atoms with E-state index in [0.29, 0.717) is 21.4 Å². The number of hydrogen-bond donors (Lipinski definition) is 1. The SMILES string of the molecule is O=C(CSCc1cc(=O)n2ccsc2n1)Nc1cc(Cl)ccc1N1CCCCC1. The Kier molecular flexibility index (Phi) is 6.42. The van der Waals surface area contributed by atoms with Crippen molar-refractivity contribution in [2.75, 3.05) is 29.1 Å². The maximum Gasteiger partial charge on any atom is 0.258 e. The van der Waals surface area contributed by atoms with E-state index in [2.05, 4.69) is 15.2 Å². The van der Waals surface area contributed by atoms with E-state index in [0.717, 1.165) is 37.3 Å². The highest BCUT2D eigenvalue weighted by Gasteiger charge is 2.16. The highest BCUT2D eigenvalue weighted by atomic mass is 35.5. The standard InChI is InChI=1S/C20H21ClN4O2S2/c21-14-4-5-17(24-6-2-1-3-7-24)16(10-14)23-18(26)13-28-12-15-11-19(27)25-8-9-29-20(25)22-15/h4-5,8-11H,1-3,6-7,12-13H2,(H,23,26). The van der Waals surface area contributed by atoms with Crippen LogP contribution in [0.1, 0.15) is 25.0 Å². The van der Waals surface area contributed by atoms with Crippen molar-refractivity contribution in [1.82, 2.24) is 9.38 Å². The van der Waals surface area contributed by atoms with Gasteiger partial charge in [-0.1, -0.05) is 11.6 Å². The molecule has 1 aromatic carbocycles. The van der Waals surface area contributed by atoms with E-state index in [9.17, 15) is 9.59 Å². The monoisotopic (exact) mass is 448 g/mol. The molecule has 9 heteroatoms. The van der Waals surface area contributed by atoms with Crippen molar-refractivity contribution in [3.05, 3.63) is 56.9 Å². The van der Waals surface area contributed by atoms with E-state index in [1.807, 2.05) is 17.5 Å². The molecule has 4 rings (SSSR count). The van der Waals surface area contributed by atoms with Gasteiger partial charge >= 0.3 is 0 Å². The van der Waals surface area contributed by atoms with Crippen molar-refractivity contribution in [3.63, 3.8) is 0 Å². The molecule has 1 saturated heterocycles. The number of halogens is 1. The zero-order valence-corrected chi connectivity index (χ0v) is 18.2. The second-order valence-corrected chi connectivity index (χ2v) is 9.19. The first kappa shape index (κ1) is 20.3. The highest BCUT2D eigenvalue weighted by Crippen LogP contribution is 2.31. The lowest BCUT2D eigenvalue weighted by atomic mass is 10.1. The molecular weight excluding hydrogens is 428 g/mol. The van der Waals surface area contributed by atoms with Gasteiger partial charge in [-0.05, 0) is 37.5 Å². The number of thioether (sulfide) groups is 1. The Bertz CT molecular complexity index is 1080. The minimum atomic E-state index is -0.0959. The molecule has 0 unspecified atom stereocenters. The van der Waals surface area contributed by atoms with Gasteiger partial charge in [0.15, 0.2) is 4.96 Å². The maximum absolute atomic E-state index is 12.5. The fourth-order valence-corrected chi connectivity index (χ4v) is 5.04. The van der Waals surface area contributed by atoms with Crippen LogP contribution in [0.3, 0.4) is 0 Å². The van der Waals surface area contributed by atoms with Gasteiger partial charge in [0.05, 0.1) is 22.8 Å². The molecule has 1 aliphatic rings. The van der Waals surface area contributed by atoms with E-state index in [1.165, 1.54) is 40.0 Å². The quantitative estimate of drug-likeness (QED) is 0.609. The topological polar surface area (TPSA) is 66.7 Å². The van der Waals surface area contributed by atoms with Gasteiger partial charge in [0.2, 0.25) is 5.91 Å². The lowest BCUT2D eigenvalue weighted by Crippen LogP contribution is -2.30. The summed E-state index contributed by atoms with van der Waals surface area (Å²) in [7, 11) is 0. The summed E-state index contributed by atoms with van der Waals surface area (Å²) in [6, 6.07) is 7.17. The number of nitrogens with one attached hydrogen (secondary N) is 1. The van der Waals surface area contributed by atoms with E-state index >= 15 is 0 Å². The molecule has 1 amide bonds. The number of piperidine rings is 1. The molecule has 0 spiro atoms. The van der Waals surface area contributed by atoms with E-state index in [1.54, 1.807) is 12.3 Å². The Morgan fingerprint density at radius 3 is 2.90 bits per heavy atom. The number of rotatable bonds is 6. The van der Waals surface area contributed by atoms with Crippen molar-refractivity contribution >= 4 is 56.9 Å². The molecule has 29 heavy (non-hydrogen) atoms. The van der Waals surface area contributed by atoms with Crippen LogP contribution >= 0.6 is 34.7 Å². The summed E-state index contributed by atoms with van der Waals surface area (Å²) in [5, 5.41) is 5.43. The number of hydrogen-bond acceptors (Lipinski definition) is 6. The zero-order valence-electron chi connectivity index (χ0n) is 15.8. The number of aromatic nitrogens is 2. The fourth-order valence-electron chi connectivity index (χ4n) is 3.42. The molecule has 1 aliphatic heterocycles. The van der Waals surface area contributed by atoms with Crippen LogP contribution in [-0.2, 0) is 10.5 Å². The summed E-state index contributed by atoms with van der Waals surface area (Å²) in [6.07, 6.45) is 5.28. The predicted molar refractivity (Wildman–Crippen MR) is 122 cm³/mol. The Morgan fingerprint density at radius 2 is 2.07 bits per heavy atom. The minimum Gasteiger partial charge on any atom is -0.370 e. The summed E-state index contributed by atoms with van der Waals surface area (Å²) < 4.78 is 1.52. The van der Waals surface area contributed by atoms with Gasteiger partial charge in [-0.25, -0.2) is 4.98 Å². The van der Waals surface area contributed by atoms with E-state index in [-0.39, 0.29) is 17.2 Å². The van der Waals surface area contributed by atoms with Gasteiger partial charge in [-0.2, -0.15) is 0 Å². The van der Waals surface area contributed by atoms with Gasteiger partial charge in [0.1, 0.15) is 0 Å². The first-order valence-electron chi connectivity index (χ1n) is 9.48. The average molecular weight is 449 g/mol. The van der Waals surface area contributed by atoms with Gasteiger partial charge in [-0.3, -0.25) is 14.0 Å². The maximum atomic E-state index is 12.5. The van der Waals surface area contributed by atoms with Gasteiger partial charge in [0.25, 0.3) is 5.56 Å². The lowest BCUT2D eigenvalue weighted by Gasteiger charge is -2.30. The molecule has 2 aromatic heterocycles. The molecule has 6 nitrogen and oxygen atoms in total. The van der Waals surface area contributed by atoms with Crippen molar-refractivity contribution in [1.29, 1.82) is 0 Å². The van der Waals surface area contributed by atoms with Crippen molar-refractivity contribution < 1.29 is 4.79 Å². The molecule has 0 atom stereocenters. The first-order valence-corrected chi connectivity index (χ1v) is 11.9. The number of carbonyl (C=O) groups is 1. The van der Waals surface area contributed by atoms with Crippen molar-refractivity contribution in [3.8, 4) is 0 Å². The molecule has 0 saturated carbocycles. The van der Waals surface area contributed by atoms with Crippen LogP contribution in [-0.4, -0.2) is 34.1 Å². The number of amides is 1. The summed E-state index contributed by atoms with van der Waals surface area (Å²) in [5.74, 6) is 0.688. The van der Waals surface area contributed by atoms with E-state index < -0.39 is 0 Å². The zero-order chi connectivity index (χ0) is 20.2. The normalized spacial score (nSPS) is 14.3. The van der Waals surface area contributed by atoms with Crippen LogP contribution in [0.15, 0.2) is 40.6 Å². The molecule has 1 fully saturated rings. The van der Waals surface area contributed by atoms with Crippen molar-refractivity contribution in [2.45, 2.75) is 25.0 Å². The third kappa shape index (κ3) is 4.94. The van der Waals surface area contributed by atoms with Crippen LogP contribution in [0.4, 0.5) is 11.4 Å². The van der Waals surface area contributed by atoms with Crippen LogP contribution in [0.5, 0.6) is 0 Å². The number of benzene rings is 1. The molecule has 3 aromatic rings. The Hall–Kier alpha value is -2.03. The van der Waals surface area contributed by atoms with Crippen LogP contribution in [0.25, 0.3) is 4.96 Å². The fraction of sp³-hybridized carbons (Fsp3) is 0.350. The average Bonchev–Trinajstić information content (AvgIpc) is 3.18. The van der Waals surface area contributed by atoms with Gasteiger partial charge in [0, 0.05) is 41.5 Å². The molecule has 0 aliphatic carbocycles. The van der Waals surface area contributed by atoms with E-state index in [4.69, 9.17) is 11.6 Å². The number of nitrogens with zero attached hydrogens (tertiary/aromatic N) is 3. The van der Waals surface area contributed by atoms with Crippen LogP contribution in [0, 0.1) is 0 Å². The van der Waals surface area contributed by atoms with Gasteiger partial charge in [-0.15, -0.1) is 23.1 Å². The summed E-state index contributed by atoms with van der Waals surface area (Å²) in [6.45, 7) is 1.98. The molecule has 0 bridgehead atoms. The first-order chi connectivity index (χ1) is 14.1. The molecule has 0 radical (unpaired) electrons. The minimum absolute atomic E-state index is 0.0931. The Labute approximate surface area is 181 Å². The van der Waals surface area contributed by atoms with Crippen LogP contribution in [0.2, 0.25) is 5.02 Å². The smallest absolute Gasteiger partial charge is 0.258 e. The number of thiazole rings is 1. The summed E-state index contributed by atoms with van der Waals surface area (Å²) >= 11 is 9.02. The second kappa shape index (κ2) is 9.19. The lowest BCUT2D eigenvalue weighted by molar-refractivity contribution is -0.113. The molecule has 1 N–H and O–H groups in total. The van der Waals surface area contributed by atoms with Crippen molar-refractivity contribution in [2.24, 2.45) is 0 Å². The Morgan fingerprint density at radius 1 is 1.24 bits per heavy atom. The summed E-state index contributed by atoms with van der Waals surface area (Å²) in [5.41, 5.74) is 2.36. The number of fused-ring (bicyclic) bond motifs is 1. The Balaban J connectivity index is 1.38. The molecule has 3 heterocycles. The molecule has 152 valence electrons. The highest BCUT2D eigenvalue weighted by molar-refractivity contribution is 7.99. The third-order valence-corrected chi connectivity index (χ3v) is 6.73. The predicted octanol–water partition coefficient (Wildman–Crippen LogP) is 4.27. The largest absolute Gasteiger partial charge is 0.370 e. The second-order valence-electron chi connectivity index (χ2n) is 6.89. The van der Waals surface area contributed by atoms with Gasteiger partial charge < -0.3 is 10.2 Å². The number of carbonyl (C=O) groups excluding carboxylic acids is 1. The molecular formula is C20H21ClN4O2S2. The summed E-state index contributed by atoms with van der Waals surface area (Å²) in [4.78, 5) is 32.0. The van der Waals surface area contributed by atoms with Crippen LogP contribution < -0.4 is 15.8 Å². The third-order valence-electron chi connectivity index (χ3n) is 4.77. The number of anilines is 2.